The molecule has 4 atom stereocenters. The van der Waals surface area contributed by atoms with E-state index in [2.05, 4.69) is 54.9 Å². The fraction of sp³-hybridized carbons (Fsp3) is 0.714. The van der Waals surface area contributed by atoms with Crippen LogP contribution in [-0.2, 0) is 9.53 Å². The van der Waals surface area contributed by atoms with Crippen LogP contribution in [0.25, 0.3) is 0 Å². The lowest BCUT2D eigenvalue weighted by Crippen LogP contribution is -2.44. The number of benzene rings is 1. The molecule has 0 bridgehead atoms. The van der Waals surface area contributed by atoms with Gasteiger partial charge in [0.2, 0.25) is 11.8 Å². The molecule has 0 radical (unpaired) electrons. The molecule has 0 aliphatic carbocycles. The van der Waals surface area contributed by atoms with Crippen molar-refractivity contribution in [1.29, 1.82) is 0 Å². The van der Waals surface area contributed by atoms with Crippen molar-refractivity contribution in [3.63, 3.8) is 0 Å². The number of likely N-dealkylation sites (tertiary alicyclic amines) is 2. The van der Waals surface area contributed by atoms with Crippen LogP contribution >= 0.6 is 0 Å². The summed E-state index contributed by atoms with van der Waals surface area (Å²) in [4.78, 5) is 22.6. The zero-order valence-corrected chi connectivity index (χ0v) is 21.6. The molecule has 3 aliphatic heterocycles. The maximum atomic E-state index is 12.7. The second-order valence-electron chi connectivity index (χ2n) is 11.1. The molecule has 2 saturated heterocycles. The van der Waals surface area contributed by atoms with Crippen LogP contribution in [0.15, 0.2) is 29.3 Å². The van der Waals surface area contributed by atoms with Crippen LogP contribution in [0.5, 0.6) is 0 Å². The Bertz CT molecular complexity index is 839. The lowest BCUT2D eigenvalue weighted by atomic mass is 9.92. The minimum absolute atomic E-state index is 0.0847. The highest BCUT2D eigenvalue weighted by atomic mass is 16.5. The number of carbonyl (C=O) groups excluding carboxylic acids is 1. The van der Waals surface area contributed by atoms with Crippen LogP contribution in [0.1, 0.15) is 57.6 Å². The molecule has 1 aromatic carbocycles. The van der Waals surface area contributed by atoms with Crippen molar-refractivity contribution in [2.24, 2.45) is 22.7 Å². The molecule has 2 fully saturated rings. The molecule has 34 heavy (non-hydrogen) atoms. The number of aliphatic imine (C=N–C) groups is 1. The van der Waals surface area contributed by atoms with Crippen molar-refractivity contribution in [3.8, 4) is 0 Å². The summed E-state index contributed by atoms with van der Waals surface area (Å²) in [5.41, 5.74) is 2.29. The topological polar surface area (TPSA) is 57.2 Å². The van der Waals surface area contributed by atoms with Gasteiger partial charge in [0.05, 0.1) is 0 Å². The number of ether oxygens (including phenoxy) is 1. The highest BCUT2D eigenvalue weighted by Crippen LogP contribution is 2.24. The van der Waals surface area contributed by atoms with Gasteiger partial charge in [-0.25, -0.2) is 4.99 Å². The normalized spacial score (nSPS) is 29.0. The molecule has 0 aromatic heterocycles. The van der Waals surface area contributed by atoms with E-state index in [1.165, 1.54) is 25.1 Å². The summed E-state index contributed by atoms with van der Waals surface area (Å²) in [5, 5.41) is 3.21. The quantitative estimate of drug-likeness (QED) is 0.591. The minimum atomic E-state index is 0.0847. The minimum Gasteiger partial charge on any atom is -0.472 e. The Balaban J connectivity index is 1.16. The Kier molecular flexibility index (Phi) is 8.65. The molecule has 1 aromatic rings. The van der Waals surface area contributed by atoms with Crippen LogP contribution in [0, 0.1) is 24.7 Å². The number of piperidine rings is 2. The fourth-order valence-corrected chi connectivity index (χ4v) is 5.95. The van der Waals surface area contributed by atoms with Crippen molar-refractivity contribution in [2.45, 2.75) is 65.5 Å². The van der Waals surface area contributed by atoms with Gasteiger partial charge in [-0.15, -0.1) is 0 Å². The van der Waals surface area contributed by atoms with Crippen molar-refractivity contribution in [3.05, 3.63) is 35.4 Å². The molecule has 0 saturated carbocycles. The van der Waals surface area contributed by atoms with Crippen molar-refractivity contribution in [1.82, 2.24) is 15.1 Å². The highest BCUT2D eigenvalue weighted by molar-refractivity contribution is 5.96. The third-order valence-electron chi connectivity index (χ3n) is 7.80. The van der Waals surface area contributed by atoms with Gasteiger partial charge in [-0.1, -0.05) is 32.0 Å². The first kappa shape index (κ1) is 25.2. The lowest BCUT2D eigenvalue weighted by molar-refractivity contribution is -0.126. The first-order valence-electron chi connectivity index (χ1n) is 13.4. The third kappa shape index (κ3) is 6.60. The summed E-state index contributed by atoms with van der Waals surface area (Å²) in [5.74, 6) is 2.76. The van der Waals surface area contributed by atoms with E-state index < -0.39 is 0 Å². The highest BCUT2D eigenvalue weighted by Gasteiger charge is 2.32. The standard InChI is InChI=1S/C28H44N4O2/c1-20-16-21(2)18-32(17-20)13-7-12-29-27(33)24-10-14-31(15-11-24)19-26-23(4)34-28(30-26)25-9-6-5-8-22(25)3/h5-6,8-9,20-21,23-24,26H,7,10-19H2,1-4H3,(H,29,33)/t20-,21-,23?,26?/m1/s1. The first-order chi connectivity index (χ1) is 16.4. The van der Waals surface area contributed by atoms with Gasteiger partial charge in [-0.2, -0.15) is 0 Å². The van der Waals surface area contributed by atoms with E-state index in [0.717, 1.165) is 75.3 Å². The molecule has 4 rings (SSSR count). The summed E-state index contributed by atoms with van der Waals surface area (Å²) >= 11 is 0. The van der Waals surface area contributed by atoms with E-state index in [1.807, 2.05) is 12.1 Å². The monoisotopic (exact) mass is 468 g/mol. The molecule has 6 heteroatoms. The van der Waals surface area contributed by atoms with Gasteiger partial charge in [0, 0.05) is 37.7 Å². The summed E-state index contributed by atoms with van der Waals surface area (Å²) in [7, 11) is 0. The Morgan fingerprint density at radius 3 is 2.50 bits per heavy atom. The Labute approximate surface area is 206 Å². The van der Waals surface area contributed by atoms with Crippen molar-refractivity contribution in [2.75, 3.05) is 45.8 Å². The van der Waals surface area contributed by atoms with Crippen LogP contribution in [0.4, 0.5) is 0 Å². The second kappa shape index (κ2) is 11.7. The largest absolute Gasteiger partial charge is 0.472 e. The van der Waals surface area contributed by atoms with E-state index in [9.17, 15) is 4.79 Å². The van der Waals surface area contributed by atoms with Gasteiger partial charge in [-0.05, 0) is 82.6 Å². The number of aryl methyl sites for hydroxylation is 1. The number of carbonyl (C=O) groups is 1. The molecule has 188 valence electrons. The van der Waals surface area contributed by atoms with E-state index in [-0.39, 0.29) is 24.0 Å². The summed E-state index contributed by atoms with van der Waals surface area (Å²) in [6, 6.07) is 8.42. The maximum Gasteiger partial charge on any atom is 0.223 e. The van der Waals surface area contributed by atoms with Crippen LogP contribution in [0.2, 0.25) is 0 Å². The zero-order chi connectivity index (χ0) is 24.1. The zero-order valence-electron chi connectivity index (χ0n) is 21.6. The number of nitrogens with zero attached hydrogens (tertiary/aromatic N) is 3. The van der Waals surface area contributed by atoms with Gasteiger partial charge in [0.25, 0.3) is 0 Å². The van der Waals surface area contributed by atoms with E-state index in [4.69, 9.17) is 9.73 Å². The van der Waals surface area contributed by atoms with Gasteiger partial charge in [0.1, 0.15) is 12.1 Å². The van der Waals surface area contributed by atoms with E-state index in [0.29, 0.717) is 0 Å². The fourth-order valence-electron chi connectivity index (χ4n) is 5.95. The SMILES string of the molecule is Cc1ccccc1C1=NC(CN2CCC(C(=O)NCCCN3C[C@H](C)C[C@@H](C)C3)CC2)C(C)O1. The van der Waals surface area contributed by atoms with Gasteiger partial charge < -0.3 is 19.9 Å². The second-order valence-corrected chi connectivity index (χ2v) is 11.1. The maximum absolute atomic E-state index is 12.7. The average molecular weight is 469 g/mol. The van der Waals surface area contributed by atoms with Gasteiger partial charge in [0.15, 0.2) is 0 Å². The van der Waals surface area contributed by atoms with E-state index >= 15 is 0 Å². The van der Waals surface area contributed by atoms with Crippen molar-refractivity contribution >= 4 is 11.8 Å². The smallest absolute Gasteiger partial charge is 0.223 e. The van der Waals surface area contributed by atoms with E-state index in [1.54, 1.807) is 0 Å². The van der Waals surface area contributed by atoms with Crippen LogP contribution in [-0.4, -0.2) is 79.6 Å². The Hall–Kier alpha value is -1.92. The summed E-state index contributed by atoms with van der Waals surface area (Å²) in [6.45, 7) is 16.0. The molecule has 3 aliphatic rings. The number of nitrogens with one attached hydrogen (secondary N) is 1. The molecule has 6 nitrogen and oxygen atoms in total. The van der Waals surface area contributed by atoms with Gasteiger partial charge in [-0.3, -0.25) is 4.79 Å². The van der Waals surface area contributed by atoms with Crippen LogP contribution < -0.4 is 5.32 Å². The first-order valence-corrected chi connectivity index (χ1v) is 13.4. The molecule has 3 heterocycles. The van der Waals surface area contributed by atoms with Crippen LogP contribution in [0.3, 0.4) is 0 Å². The number of rotatable bonds is 8. The molecule has 0 spiro atoms. The average Bonchev–Trinajstić information content (AvgIpc) is 3.16. The summed E-state index contributed by atoms with van der Waals surface area (Å²) in [6.07, 6.45) is 4.34. The Morgan fingerprint density at radius 2 is 1.79 bits per heavy atom. The predicted molar refractivity (Wildman–Crippen MR) is 138 cm³/mol. The number of hydrogen-bond acceptors (Lipinski definition) is 5. The summed E-state index contributed by atoms with van der Waals surface area (Å²) < 4.78 is 6.11. The molecular weight excluding hydrogens is 424 g/mol. The predicted octanol–water partition coefficient (Wildman–Crippen LogP) is 3.73. The third-order valence-corrected chi connectivity index (χ3v) is 7.80. The Morgan fingerprint density at radius 1 is 1.09 bits per heavy atom. The molecule has 2 unspecified atom stereocenters. The molecule has 1 N–H and O–H groups in total. The number of hydrogen-bond donors (Lipinski definition) is 1. The molecule has 1 amide bonds. The van der Waals surface area contributed by atoms with Crippen molar-refractivity contribution < 1.29 is 9.53 Å². The molecular formula is C28H44N4O2. The lowest BCUT2D eigenvalue weighted by Gasteiger charge is -2.35. The van der Waals surface area contributed by atoms with Gasteiger partial charge >= 0.3 is 0 Å². The number of amides is 1.